The number of halogens is 3. The average Bonchev–Trinajstić information content (AvgIpc) is 3.51. The van der Waals surface area contributed by atoms with Crippen LogP contribution < -0.4 is 10.2 Å². The molecule has 14 heteroatoms. The summed E-state index contributed by atoms with van der Waals surface area (Å²) in [5.41, 5.74) is 8.92. The van der Waals surface area contributed by atoms with Crippen LogP contribution in [0.3, 0.4) is 0 Å². The number of rotatable bonds is 9. The van der Waals surface area contributed by atoms with Gasteiger partial charge < -0.3 is 4.74 Å². The second-order valence-electron chi connectivity index (χ2n) is 10.4. The summed E-state index contributed by atoms with van der Waals surface area (Å²) in [5, 5.41) is 9.41. The van der Waals surface area contributed by atoms with Crippen molar-refractivity contribution in [1.29, 1.82) is 0 Å². The Balaban J connectivity index is 1.26. The van der Waals surface area contributed by atoms with Gasteiger partial charge in [0.15, 0.2) is 20.8 Å². The molecule has 0 spiro atoms. The summed E-state index contributed by atoms with van der Waals surface area (Å²) in [6.07, 6.45) is -0.453. The van der Waals surface area contributed by atoms with E-state index in [-0.39, 0.29) is 10.6 Å². The van der Waals surface area contributed by atoms with Crippen molar-refractivity contribution >= 4 is 38.7 Å². The van der Waals surface area contributed by atoms with E-state index in [1.54, 1.807) is 30.5 Å². The maximum absolute atomic E-state index is 12.4. The minimum Gasteiger partial charge on any atom is -0.406 e. The molecule has 0 saturated heterocycles. The topological polar surface area (TPSA) is 111 Å². The van der Waals surface area contributed by atoms with Gasteiger partial charge in [-0.05, 0) is 72.5 Å². The van der Waals surface area contributed by atoms with E-state index in [2.05, 4.69) is 25.3 Å². The molecule has 0 aliphatic heterocycles. The number of aliphatic imine (C=N–C) groups is 1. The van der Waals surface area contributed by atoms with Gasteiger partial charge in [0.25, 0.3) is 0 Å². The first-order valence-electron chi connectivity index (χ1n) is 14.1. The van der Waals surface area contributed by atoms with Crippen molar-refractivity contribution in [1.82, 2.24) is 20.2 Å². The van der Waals surface area contributed by atoms with Gasteiger partial charge in [-0.2, -0.15) is 5.10 Å². The number of para-hydroxylation sites is 1. The molecule has 1 N–H and O–H groups in total. The number of hydrogen-bond donors (Lipinski definition) is 1. The summed E-state index contributed by atoms with van der Waals surface area (Å²) < 4.78 is 66.3. The van der Waals surface area contributed by atoms with E-state index < -0.39 is 16.2 Å². The number of hydrogen-bond acceptors (Lipinski definition) is 8. The number of benzene rings is 4. The molecule has 0 atom stereocenters. The maximum Gasteiger partial charge on any atom is 0.573 e. The number of aromatic nitrogens is 3. The predicted octanol–water partition coefficient (Wildman–Crippen LogP) is 7.40. The van der Waals surface area contributed by atoms with Gasteiger partial charge in [-0.3, -0.25) is 5.43 Å². The van der Waals surface area contributed by atoms with Crippen molar-refractivity contribution in [3.63, 3.8) is 0 Å². The summed E-state index contributed by atoms with van der Waals surface area (Å²) >= 11 is 1.44. The number of aryl methyl sites for hydroxylation is 2. The van der Waals surface area contributed by atoms with Crippen LogP contribution >= 0.6 is 11.8 Å². The van der Waals surface area contributed by atoms with Gasteiger partial charge in [0, 0.05) is 17.6 Å². The highest BCUT2D eigenvalue weighted by atomic mass is 32.2. The third-order valence-electron chi connectivity index (χ3n) is 6.75. The molecule has 4 aromatic carbocycles. The summed E-state index contributed by atoms with van der Waals surface area (Å²) in [6, 6.07) is 25.4. The normalized spacial score (nSPS) is 12.4. The SMILES string of the molecule is Cc1cccc(C)c1N=C(N/N=C\c1ccc(-c2ncn(-c3ccc(OC(F)(F)F)cc3)n2)cc1)SCc1ccc(S(C)(=O)=O)cc1. The zero-order valence-electron chi connectivity index (χ0n) is 25.4. The number of sulfone groups is 1. The molecule has 5 aromatic rings. The lowest BCUT2D eigenvalue weighted by Gasteiger charge is -2.09. The van der Waals surface area contributed by atoms with Crippen LogP contribution in [0.15, 0.2) is 112 Å². The van der Waals surface area contributed by atoms with Gasteiger partial charge in [-0.15, -0.1) is 18.3 Å². The van der Waals surface area contributed by atoms with E-state index in [0.717, 1.165) is 33.5 Å². The van der Waals surface area contributed by atoms with Crippen molar-refractivity contribution in [2.75, 3.05) is 6.26 Å². The zero-order valence-corrected chi connectivity index (χ0v) is 27.1. The maximum atomic E-state index is 12.4. The van der Waals surface area contributed by atoms with Crippen LogP contribution in [0, 0.1) is 13.8 Å². The van der Waals surface area contributed by atoms with Gasteiger partial charge in [0.1, 0.15) is 12.1 Å². The number of amidine groups is 1. The fraction of sp³-hybridized carbons (Fsp3) is 0.152. The molecule has 1 aromatic heterocycles. The minimum absolute atomic E-state index is 0.265. The Morgan fingerprint density at radius 2 is 1.62 bits per heavy atom. The van der Waals surface area contributed by atoms with Crippen molar-refractivity contribution < 1.29 is 26.3 Å². The number of alkyl halides is 3. The molecule has 242 valence electrons. The second kappa shape index (κ2) is 14.2. The molecule has 0 aliphatic carbocycles. The Morgan fingerprint density at radius 3 is 2.23 bits per heavy atom. The standard InChI is InChI=1S/C33H29F3N6O3S2/c1-22-5-4-6-23(2)30(22)39-32(46-20-25-9-17-29(18-10-25)47(3,43)44)40-38-19-24-7-11-26(12-8-24)31-37-21-42(41-31)27-13-15-28(16-14-27)45-33(34,35)36/h4-19,21H,20H2,1-3H3,(H,39,40)/b38-19-. The monoisotopic (exact) mass is 678 g/mol. The number of thioether (sulfide) groups is 1. The van der Waals surface area contributed by atoms with Crippen molar-refractivity contribution in [2.45, 2.75) is 30.9 Å². The zero-order chi connectivity index (χ0) is 33.6. The Labute approximate surface area is 274 Å². The smallest absolute Gasteiger partial charge is 0.406 e. The molecule has 9 nitrogen and oxygen atoms in total. The van der Waals surface area contributed by atoms with E-state index >= 15 is 0 Å². The van der Waals surface area contributed by atoms with Crippen molar-refractivity contribution in [3.8, 4) is 22.8 Å². The minimum atomic E-state index is -4.76. The van der Waals surface area contributed by atoms with E-state index in [1.165, 1.54) is 53.3 Å². The first-order chi connectivity index (χ1) is 22.3. The fourth-order valence-corrected chi connectivity index (χ4v) is 5.76. The lowest BCUT2D eigenvalue weighted by atomic mass is 10.1. The highest BCUT2D eigenvalue weighted by molar-refractivity contribution is 8.13. The van der Waals surface area contributed by atoms with Crippen LogP contribution in [0.4, 0.5) is 18.9 Å². The molecule has 5 rings (SSSR count). The van der Waals surface area contributed by atoms with Gasteiger partial charge >= 0.3 is 6.36 Å². The van der Waals surface area contributed by atoms with Crippen molar-refractivity contribution in [2.24, 2.45) is 10.1 Å². The lowest BCUT2D eigenvalue weighted by molar-refractivity contribution is -0.274. The van der Waals surface area contributed by atoms with Crippen LogP contribution in [0.5, 0.6) is 5.75 Å². The number of nitrogens with zero attached hydrogens (tertiary/aromatic N) is 5. The van der Waals surface area contributed by atoms with E-state index in [1.807, 2.05) is 56.3 Å². The molecular formula is C33H29F3N6O3S2. The first kappa shape index (κ1) is 33.4. The Morgan fingerprint density at radius 1 is 0.957 bits per heavy atom. The second-order valence-corrected chi connectivity index (χ2v) is 13.4. The Hall–Kier alpha value is -4.95. The molecular weight excluding hydrogens is 650 g/mol. The van der Waals surface area contributed by atoms with E-state index in [9.17, 15) is 21.6 Å². The Bertz CT molecular complexity index is 1990. The van der Waals surface area contributed by atoms with E-state index in [0.29, 0.717) is 22.4 Å². The van der Waals surface area contributed by atoms with Crippen LogP contribution in [0.2, 0.25) is 0 Å². The molecule has 0 aliphatic rings. The van der Waals surface area contributed by atoms with Gasteiger partial charge in [-0.1, -0.05) is 66.4 Å². The van der Waals surface area contributed by atoms with Crippen molar-refractivity contribution in [3.05, 3.63) is 120 Å². The summed E-state index contributed by atoms with van der Waals surface area (Å²) in [6.45, 7) is 3.98. The third kappa shape index (κ3) is 9.30. The third-order valence-corrected chi connectivity index (χ3v) is 8.81. The average molecular weight is 679 g/mol. The quantitative estimate of drug-likeness (QED) is 0.0983. The Kier molecular flexibility index (Phi) is 10.1. The number of nitrogens with one attached hydrogen (secondary N) is 1. The highest BCUT2D eigenvalue weighted by Gasteiger charge is 2.31. The molecule has 0 saturated carbocycles. The van der Waals surface area contributed by atoms with Crippen LogP contribution in [-0.2, 0) is 15.6 Å². The van der Waals surface area contributed by atoms with E-state index in [4.69, 9.17) is 4.99 Å². The van der Waals surface area contributed by atoms with Gasteiger partial charge in [0.05, 0.1) is 22.5 Å². The molecule has 47 heavy (non-hydrogen) atoms. The van der Waals surface area contributed by atoms with Crippen LogP contribution in [-0.4, -0.2) is 47.2 Å². The highest BCUT2D eigenvalue weighted by Crippen LogP contribution is 2.26. The lowest BCUT2D eigenvalue weighted by Crippen LogP contribution is -2.17. The summed E-state index contributed by atoms with van der Waals surface area (Å²) in [4.78, 5) is 9.43. The summed E-state index contributed by atoms with van der Waals surface area (Å²) in [5.74, 6) is 0.652. The van der Waals surface area contributed by atoms with Gasteiger partial charge in [0.2, 0.25) is 0 Å². The first-order valence-corrected chi connectivity index (χ1v) is 17.0. The number of ether oxygens (including phenoxy) is 1. The molecule has 0 radical (unpaired) electrons. The summed E-state index contributed by atoms with van der Waals surface area (Å²) in [7, 11) is -3.28. The number of hydrazone groups is 1. The molecule has 0 amide bonds. The van der Waals surface area contributed by atoms with Crippen LogP contribution in [0.1, 0.15) is 22.3 Å². The fourth-order valence-electron chi connectivity index (χ4n) is 4.36. The van der Waals surface area contributed by atoms with Crippen LogP contribution in [0.25, 0.3) is 17.1 Å². The predicted molar refractivity (Wildman–Crippen MR) is 178 cm³/mol. The molecule has 0 unspecified atom stereocenters. The molecule has 1 heterocycles. The molecule has 0 bridgehead atoms. The van der Waals surface area contributed by atoms with Gasteiger partial charge in [-0.25, -0.2) is 23.1 Å². The largest absolute Gasteiger partial charge is 0.573 e. The molecule has 0 fully saturated rings.